The number of alkyl halides is 1. The SMILES string of the molecule is CCn1ncnc1CC(CCl)C(C)(C)C. The third-order valence-electron chi connectivity index (χ3n) is 2.84. The van der Waals surface area contributed by atoms with Crippen LogP contribution < -0.4 is 0 Å². The van der Waals surface area contributed by atoms with Crippen molar-refractivity contribution in [2.75, 3.05) is 5.88 Å². The van der Waals surface area contributed by atoms with Crippen LogP contribution in [-0.4, -0.2) is 20.6 Å². The van der Waals surface area contributed by atoms with Crippen molar-refractivity contribution in [2.24, 2.45) is 11.3 Å². The summed E-state index contributed by atoms with van der Waals surface area (Å²) in [6.07, 6.45) is 2.52. The van der Waals surface area contributed by atoms with Crippen molar-refractivity contribution in [1.82, 2.24) is 14.8 Å². The van der Waals surface area contributed by atoms with Gasteiger partial charge in [0.2, 0.25) is 0 Å². The molecule has 1 aromatic heterocycles. The Bertz CT molecular complexity index is 301. The van der Waals surface area contributed by atoms with Gasteiger partial charge in [0.1, 0.15) is 12.2 Å². The molecule has 1 aromatic rings. The van der Waals surface area contributed by atoms with Gasteiger partial charge in [-0.2, -0.15) is 5.10 Å². The van der Waals surface area contributed by atoms with Crippen LogP contribution in [0.15, 0.2) is 6.33 Å². The molecule has 0 aliphatic carbocycles. The van der Waals surface area contributed by atoms with E-state index in [2.05, 4.69) is 37.8 Å². The average Bonchev–Trinajstić information content (AvgIpc) is 2.59. The van der Waals surface area contributed by atoms with Gasteiger partial charge in [-0.1, -0.05) is 20.8 Å². The first-order chi connectivity index (χ1) is 6.99. The van der Waals surface area contributed by atoms with E-state index >= 15 is 0 Å². The van der Waals surface area contributed by atoms with E-state index in [1.807, 2.05) is 4.68 Å². The van der Waals surface area contributed by atoms with Crippen molar-refractivity contribution in [3.05, 3.63) is 12.2 Å². The van der Waals surface area contributed by atoms with Crippen molar-refractivity contribution in [3.63, 3.8) is 0 Å². The maximum Gasteiger partial charge on any atom is 0.138 e. The van der Waals surface area contributed by atoms with Crippen LogP contribution in [0.1, 0.15) is 33.5 Å². The molecule has 0 aromatic carbocycles. The third-order valence-corrected chi connectivity index (χ3v) is 3.21. The maximum atomic E-state index is 6.01. The van der Waals surface area contributed by atoms with Gasteiger partial charge in [0.05, 0.1) is 0 Å². The van der Waals surface area contributed by atoms with Gasteiger partial charge >= 0.3 is 0 Å². The molecule has 0 saturated heterocycles. The summed E-state index contributed by atoms with van der Waals surface area (Å²) < 4.78 is 1.94. The second-order valence-corrected chi connectivity index (χ2v) is 5.22. The molecule has 1 atom stereocenters. The fourth-order valence-electron chi connectivity index (χ4n) is 1.52. The molecule has 0 aliphatic heterocycles. The monoisotopic (exact) mass is 229 g/mol. The highest BCUT2D eigenvalue weighted by Crippen LogP contribution is 2.29. The van der Waals surface area contributed by atoms with Crippen molar-refractivity contribution >= 4 is 11.6 Å². The molecule has 0 radical (unpaired) electrons. The van der Waals surface area contributed by atoms with Crippen molar-refractivity contribution in [1.29, 1.82) is 0 Å². The number of aryl methyl sites for hydroxylation is 1. The molecule has 4 heteroatoms. The molecule has 15 heavy (non-hydrogen) atoms. The molecule has 0 aliphatic rings. The lowest BCUT2D eigenvalue weighted by atomic mass is 9.80. The predicted octanol–water partition coefficient (Wildman–Crippen LogP) is 2.74. The molecule has 1 heterocycles. The van der Waals surface area contributed by atoms with Crippen LogP contribution in [0.5, 0.6) is 0 Å². The van der Waals surface area contributed by atoms with Gasteiger partial charge in [-0.15, -0.1) is 11.6 Å². The Hall–Kier alpha value is -0.570. The second-order valence-electron chi connectivity index (χ2n) is 4.91. The quantitative estimate of drug-likeness (QED) is 0.744. The Morgan fingerprint density at radius 3 is 2.60 bits per heavy atom. The van der Waals surface area contributed by atoms with Gasteiger partial charge in [-0.3, -0.25) is 4.68 Å². The van der Waals surface area contributed by atoms with Crippen molar-refractivity contribution in [2.45, 2.75) is 40.7 Å². The lowest BCUT2D eigenvalue weighted by Gasteiger charge is -2.28. The summed E-state index contributed by atoms with van der Waals surface area (Å²) in [4.78, 5) is 4.28. The fourth-order valence-corrected chi connectivity index (χ4v) is 2.09. The molecular weight excluding hydrogens is 210 g/mol. The zero-order valence-corrected chi connectivity index (χ0v) is 10.8. The summed E-state index contributed by atoms with van der Waals surface area (Å²) in [6, 6.07) is 0. The molecule has 1 rings (SSSR count). The topological polar surface area (TPSA) is 30.7 Å². The second kappa shape index (κ2) is 4.97. The van der Waals surface area contributed by atoms with Crippen LogP contribution in [0, 0.1) is 11.3 Å². The minimum Gasteiger partial charge on any atom is -0.250 e. The van der Waals surface area contributed by atoms with E-state index in [1.54, 1.807) is 6.33 Å². The van der Waals surface area contributed by atoms with E-state index in [9.17, 15) is 0 Å². The van der Waals surface area contributed by atoms with Crippen molar-refractivity contribution < 1.29 is 0 Å². The molecule has 86 valence electrons. The Kier molecular flexibility index (Phi) is 4.14. The average molecular weight is 230 g/mol. The van der Waals surface area contributed by atoms with E-state index in [-0.39, 0.29) is 5.41 Å². The Balaban J connectivity index is 2.75. The molecule has 0 bridgehead atoms. The summed E-state index contributed by atoms with van der Waals surface area (Å²) in [5.74, 6) is 2.15. The van der Waals surface area contributed by atoms with E-state index in [1.165, 1.54) is 0 Å². The number of rotatable bonds is 4. The molecular formula is C11H20ClN3. The molecule has 0 saturated carbocycles. The first-order valence-corrected chi connectivity index (χ1v) is 5.95. The molecule has 0 N–H and O–H groups in total. The van der Waals surface area contributed by atoms with Crippen LogP contribution >= 0.6 is 11.6 Å². The normalized spacial score (nSPS) is 14.2. The van der Waals surface area contributed by atoms with E-state index in [0.29, 0.717) is 11.8 Å². The van der Waals surface area contributed by atoms with Gasteiger partial charge in [0.15, 0.2) is 0 Å². The van der Waals surface area contributed by atoms with Crippen LogP contribution in [-0.2, 0) is 13.0 Å². The smallest absolute Gasteiger partial charge is 0.138 e. The number of aromatic nitrogens is 3. The van der Waals surface area contributed by atoms with Gasteiger partial charge < -0.3 is 0 Å². The highest BCUT2D eigenvalue weighted by Gasteiger charge is 2.25. The summed E-state index contributed by atoms with van der Waals surface area (Å²) >= 11 is 6.01. The predicted molar refractivity (Wildman–Crippen MR) is 63.1 cm³/mol. The molecule has 0 spiro atoms. The standard InChI is InChI=1S/C11H20ClN3/c1-5-15-10(13-8-14-15)6-9(7-12)11(2,3)4/h8-9H,5-7H2,1-4H3. The highest BCUT2D eigenvalue weighted by molar-refractivity contribution is 6.18. The molecule has 1 unspecified atom stereocenters. The van der Waals surface area contributed by atoms with Crippen LogP contribution in [0.3, 0.4) is 0 Å². The highest BCUT2D eigenvalue weighted by atomic mass is 35.5. The number of nitrogens with zero attached hydrogens (tertiary/aromatic N) is 3. The summed E-state index contributed by atoms with van der Waals surface area (Å²) in [5, 5.41) is 4.17. The van der Waals surface area contributed by atoms with Crippen LogP contribution in [0.4, 0.5) is 0 Å². The van der Waals surface area contributed by atoms with Crippen molar-refractivity contribution in [3.8, 4) is 0 Å². The first kappa shape index (κ1) is 12.5. The zero-order chi connectivity index (χ0) is 11.5. The lowest BCUT2D eigenvalue weighted by Crippen LogP contribution is -2.25. The Morgan fingerprint density at radius 1 is 1.47 bits per heavy atom. The van der Waals surface area contributed by atoms with E-state index < -0.39 is 0 Å². The minimum atomic E-state index is 0.215. The largest absolute Gasteiger partial charge is 0.250 e. The van der Waals surface area contributed by atoms with Gasteiger partial charge in [0.25, 0.3) is 0 Å². The van der Waals surface area contributed by atoms with Gasteiger partial charge in [-0.25, -0.2) is 4.98 Å². The Labute approximate surface area is 96.8 Å². The van der Waals surface area contributed by atoms with E-state index in [4.69, 9.17) is 11.6 Å². The first-order valence-electron chi connectivity index (χ1n) is 5.41. The summed E-state index contributed by atoms with van der Waals surface area (Å²) in [7, 11) is 0. The summed E-state index contributed by atoms with van der Waals surface area (Å²) in [5.41, 5.74) is 0.215. The van der Waals surface area contributed by atoms with Crippen LogP contribution in [0.25, 0.3) is 0 Å². The molecule has 0 amide bonds. The van der Waals surface area contributed by atoms with Gasteiger partial charge in [-0.05, 0) is 18.3 Å². The zero-order valence-electron chi connectivity index (χ0n) is 10.00. The number of hydrogen-bond acceptors (Lipinski definition) is 2. The van der Waals surface area contributed by atoms with Crippen LogP contribution in [0.2, 0.25) is 0 Å². The third kappa shape index (κ3) is 3.20. The minimum absolute atomic E-state index is 0.215. The van der Waals surface area contributed by atoms with Gasteiger partial charge in [0, 0.05) is 18.8 Å². The summed E-state index contributed by atoms with van der Waals surface area (Å²) in [6.45, 7) is 9.59. The maximum absolute atomic E-state index is 6.01. The fraction of sp³-hybridized carbons (Fsp3) is 0.818. The van der Waals surface area contributed by atoms with E-state index in [0.717, 1.165) is 18.8 Å². The molecule has 3 nitrogen and oxygen atoms in total. The number of halogens is 1. The molecule has 0 fully saturated rings. The lowest BCUT2D eigenvalue weighted by molar-refractivity contribution is 0.257. The number of hydrogen-bond donors (Lipinski definition) is 0. The Morgan fingerprint density at radius 2 is 2.13 bits per heavy atom.